The van der Waals surface area contributed by atoms with Gasteiger partial charge in [-0.1, -0.05) is 18.2 Å². The standard InChI is InChI=1S/C20H20N2O7/c1-28-16-11-14(19(24)21-10-6-5-9-18(21)23)15(22(26)27)12-17(16)29-20(25)13-7-3-2-4-8-13/h2-4,7-8,11-12,18,23H,5-6,9-10H2,1H3/t18-/m0/s1. The lowest BCUT2D eigenvalue weighted by Gasteiger charge is -2.32. The van der Waals surface area contributed by atoms with Crippen molar-refractivity contribution in [2.75, 3.05) is 13.7 Å². The summed E-state index contributed by atoms with van der Waals surface area (Å²) in [6.45, 7) is 0.296. The van der Waals surface area contributed by atoms with E-state index in [1.54, 1.807) is 30.3 Å². The maximum absolute atomic E-state index is 12.9. The molecule has 1 atom stereocenters. The largest absolute Gasteiger partial charge is 0.493 e. The number of nitro benzene ring substituents is 1. The summed E-state index contributed by atoms with van der Waals surface area (Å²) in [5.74, 6) is -1.58. The van der Waals surface area contributed by atoms with E-state index in [0.29, 0.717) is 19.4 Å². The van der Waals surface area contributed by atoms with E-state index in [1.165, 1.54) is 12.0 Å². The number of aliphatic hydroxyl groups is 1. The van der Waals surface area contributed by atoms with E-state index in [2.05, 4.69) is 0 Å². The van der Waals surface area contributed by atoms with Gasteiger partial charge in [0.05, 0.1) is 23.7 Å². The normalized spacial score (nSPS) is 16.2. The Morgan fingerprint density at radius 2 is 1.90 bits per heavy atom. The summed E-state index contributed by atoms with van der Waals surface area (Å²) in [5.41, 5.74) is -0.523. The maximum atomic E-state index is 12.9. The van der Waals surface area contributed by atoms with Crippen LogP contribution in [0, 0.1) is 10.1 Å². The van der Waals surface area contributed by atoms with Gasteiger partial charge in [-0.25, -0.2) is 4.79 Å². The Hall–Kier alpha value is -3.46. The minimum absolute atomic E-state index is 0.00488. The molecule has 1 saturated heterocycles. The molecule has 0 radical (unpaired) electrons. The van der Waals surface area contributed by atoms with E-state index in [9.17, 15) is 24.8 Å². The third-order valence-electron chi connectivity index (χ3n) is 4.65. The number of methoxy groups -OCH3 is 1. The molecule has 2 aromatic rings. The molecule has 29 heavy (non-hydrogen) atoms. The van der Waals surface area contributed by atoms with Crippen molar-refractivity contribution in [3.63, 3.8) is 0 Å². The molecule has 1 aliphatic rings. The molecule has 0 aliphatic carbocycles. The van der Waals surface area contributed by atoms with Crippen LogP contribution in [-0.4, -0.2) is 46.7 Å². The average molecular weight is 400 g/mol. The SMILES string of the molecule is COc1cc(C(=O)N2CCCC[C@@H]2O)c([N+](=O)[O-])cc1OC(=O)c1ccccc1. The monoisotopic (exact) mass is 400 g/mol. The fourth-order valence-corrected chi connectivity index (χ4v) is 3.15. The van der Waals surface area contributed by atoms with E-state index < -0.39 is 28.7 Å². The molecule has 0 saturated carbocycles. The van der Waals surface area contributed by atoms with E-state index in [0.717, 1.165) is 18.6 Å². The fourth-order valence-electron chi connectivity index (χ4n) is 3.15. The van der Waals surface area contributed by atoms with Crippen LogP contribution in [0.25, 0.3) is 0 Å². The predicted octanol–water partition coefficient (Wildman–Crippen LogP) is 2.77. The summed E-state index contributed by atoms with van der Waals surface area (Å²) >= 11 is 0. The number of amides is 1. The summed E-state index contributed by atoms with van der Waals surface area (Å²) < 4.78 is 10.5. The third-order valence-corrected chi connectivity index (χ3v) is 4.65. The Kier molecular flexibility index (Phi) is 6.08. The number of hydrogen-bond acceptors (Lipinski definition) is 7. The van der Waals surface area contributed by atoms with Crippen LogP contribution >= 0.6 is 0 Å². The highest BCUT2D eigenvalue weighted by Gasteiger charge is 2.32. The van der Waals surface area contributed by atoms with Crippen molar-refractivity contribution in [3.8, 4) is 11.5 Å². The van der Waals surface area contributed by atoms with Crippen LogP contribution in [0.3, 0.4) is 0 Å². The fraction of sp³-hybridized carbons (Fsp3) is 0.300. The molecule has 2 aromatic carbocycles. The molecule has 1 aliphatic heterocycles. The first-order chi connectivity index (χ1) is 13.9. The smallest absolute Gasteiger partial charge is 0.343 e. The molecule has 9 nitrogen and oxygen atoms in total. The van der Waals surface area contributed by atoms with Crippen molar-refractivity contribution < 1.29 is 29.1 Å². The Balaban J connectivity index is 1.98. The van der Waals surface area contributed by atoms with Gasteiger partial charge in [0, 0.05) is 12.6 Å². The van der Waals surface area contributed by atoms with Gasteiger partial charge in [0.15, 0.2) is 11.5 Å². The van der Waals surface area contributed by atoms with Gasteiger partial charge in [-0.3, -0.25) is 14.9 Å². The minimum atomic E-state index is -1.00. The Morgan fingerprint density at radius 1 is 1.17 bits per heavy atom. The van der Waals surface area contributed by atoms with E-state index in [4.69, 9.17) is 9.47 Å². The van der Waals surface area contributed by atoms with Crippen molar-refractivity contribution in [1.29, 1.82) is 0 Å². The van der Waals surface area contributed by atoms with Crippen molar-refractivity contribution >= 4 is 17.6 Å². The Bertz CT molecular complexity index is 930. The number of aliphatic hydroxyl groups excluding tert-OH is 1. The number of nitro groups is 1. The average Bonchev–Trinajstić information content (AvgIpc) is 2.73. The first-order valence-electron chi connectivity index (χ1n) is 9.05. The van der Waals surface area contributed by atoms with Gasteiger partial charge < -0.3 is 19.5 Å². The van der Waals surface area contributed by atoms with Gasteiger partial charge in [0.1, 0.15) is 11.8 Å². The number of esters is 1. The molecule has 0 aromatic heterocycles. The number of hydrogen-bond donors (Lipinski definition) is 1. The first kappa shape index (κ1) is 20.3. The summed E-state index contributed by atoms with van der Waals surface area (Å²) in [5, 5.41) is 21.7. The van der Waals surface area contributed by atoms with Gasteiger partial charge in [0.2, 0.25) is 0 Å². The van der Waals surface area contributed by atoms with Crippen LogP contribution in [0.15, 0.2) is 42.5 Å². The molecule has 1 amide bonds. The van der Waals surface area contributed by atoms with Gasteiger partial charge in [0.25, 0.3) is 11.6 Å². The van der Waals surface area contributed by atoms with Crippen molar-refractivity contribution in [2.45, 2.75) is 25.5 Å². The zero-order valence-corrected chi connectivity index (χ0v) is 15.7. The predicted molar refractivity (Wildman–Crippen MR) is 102 cm³/mol. The number of rotatable bonds is 5. The highest BCUT2D eigenvalue weighted by molar-refractivity contribution is 5.99. The Labute approximate surface area is 166 Å². The van der Waals surface area contributed by atoms with Crippen LogP contribution in [0.1, 0.15) is 40.0 Å². The quantitative estimate of drug-likeness (QED) is 0.355. The van der Waals surface area contributed by atoms with Gasteiger partial charge in [-0.05, 0) is 31.4 Å². The highest BCUT2D eigenvalue weighted by atomic mass is 16.6. The van der Waals surface area contributed by atoms with Gasteiger partial charge >= 0.3 is 5.97 Å². The van der Waals surface area contributed by atoms with Crippen molar-refractivity contribution in [2.24, 2.45) is 0 Å². The number of carbonyl (C=O) groups is 2. The summed E-state index contributed by atoms with van der Waals surface area (Å²) in [6, 6.07) is 10.3. The lowest BCUT2D eigenvalue weighted by atomic mass is 10.1. The molecule has 1 heterocycles. The lowest BCUT2D eigenvalue weighted by molar-refractivity contribution is -0.385. The molecule has 1 fully saturated rings. The highest BCUT2D eigenvalue weighted by Crippen LogP contribution is 2.36. The maximum Gasteiger partial charge on any atom is 0.343 e. The summed E-state index contributed by atoms with van der Waals surface area (Å²) in [6.07, 6.45) is 0.867. The van der Waals surface area contributed by atoms with Crippen LogP contribution in [0.5, 0.6) is 11.5 Å². The molecule has 3 rings (SSSR count). The molecule has 0 spiro atoms. The molecule has 0 unspecified atom stereocenters. The van der Waals surface area contributed by atoms with Gasteiger partial charge in [-0.15, -0.1) is 0 Å². The second kappa shape index (κ2) is 8.70. The minimum Gasteiger partial charge on any atom is -0.493 e. The molecule has 9 heteroatoms. The van der Waals surface area contributed by atoms with Crippen molar-refractivity contribution in [3.05, 3.63) is 63.7 Å². The molecule has 0 bridgehead atoms. The second-order valence-electron chi connectivity index (χ2n) is 6.51. The first-order valence-corrected chi connectivity index (χ1v) is 9.05. The van der Waals surface area contributed by atoms with E-state index in [1.807, 2.05) is 0 Å². The number of benzene rings is 2. The van der Waals surface area contributed by atoms with Crippen LogP contribution in [-0.2, 0) is 0 Å². The second-order valence-corrected chi connectivity index (χ2v) is 6.51. The zero-order valence-electron chi connectivity index (χ0n) is 15.7. The van der Waals surface area contributed by atoms with Crippen molar-refractivity contribution in [1.82, 2.24) is 4.90 Å². The topological polar surface area (TPSA) is 119 Å². The van der Waals surface area contributed by atoms with E-state index in [-0.39, 0.29) is 22.6 Å². The van der Waals surface area contributed by atoms with Gasteiger partial charge in [-0.2, -0.15) is 0 Å². The summed E-state index contributed by atoms with van der Waals surface area (Å²) in [7, 11) is 1.30. The number of nitrogens with zero attached hydrogens (tertiary/aromatic N) is 2. The molecule has 152 valence electrons. The number of piperidine rings is 1. The number of ether oxygens (including phenoxy) is 2. The number of carbonyl (C=O) groups excluding carboxylic acids is 2. The molecular formula is C20H20N2O7. The third kappa shape index (κ3) is 4.35. The molecule has 1 N–H and O–H groups in total. The van der Waals surface area contributed by atoms with Crippen LogP contribution in [0.2, 0.25) is 0 Å². The zero-order chi connectivity index (χ0) is 21.0. The van der Waals surface area contributed by atoms with Crippen LogP contribution in [0.4, 0.5) is 5.69 Å². The summed E-state index contributed by atoms with van der Waals surface area (Å²) in [4.78, 5) is 37.2. The number of likely N-dealkylation sites (tertiary alicyclic amines) is 1. The molecular weight excluding hydrogens is 380 g/mol. The lowest BCUT2D eigenvalue weighted by Crippen LogP contribution is -2.43. The van der Waals surface area contributed by atoms with E-state index >= 15 is 0 Å². The Morgan fingerprint density at radius 3 is 2.52 bits per heavy atom. The van der Waals surface area contributed by atoms with Crippen LogP contribution < -0.4 is 9.47 Å².